The maximum atomic E-state index is 11.7. The Morgan fingerprint density at radius 2 is 1.85 bits per heavy atom. The molecular formula is C23H27N3O. The van der Waals surface area contributed by atoms with Crippen molar-refractivity contribution in [1.29, 1.82) is 0 Å². The standard InChI is InChI=1S/C23H27N3O/c1-16-8-10-18(11-9-16)21-14-26(15-22(21)24-17(2)27)13-20-12-19-6-4-5-7-23(19)25(20)3/h4-12,21-22H,13-15H2,1-3H3,(H,24,27)/t21-,22+/m0/s1. The van der Waals surface area contributed by atoms with Gasteiger partial charge < -0.3 is 9.88 Å². The third-order valence-corrected chi connectivity index (χ3v) is 5.73. The third kappa shape index (κ3) is 3.62. The molecule has 0 bridgehead atoms. The summed E-state index contributed by atoms with van der Waals surface area (Å²) < 4.78 is 2.28. The second-order valence-electron chi connectivity index (χ2n) is 7.77. The minimum absolute atomic E-state index is 0.0450. The predicted octanol–water partition coefficient (Wildman–Crippen LogP) is 3.59. The molecule has 1 aliphatic rings. The van der Waals surface area contributed by atoms with Crippen LogP contribution in [0, 0.1) is 6.92 Å². The lowest BCUT2D eigenvalue weighted by Gasteiger charge is -2.19. The van der Waals surface area contributed by atoms with Crippen molar-refractivity contribution >= 4 is 16.8 Å². The molecule has 0 aliphatic carbocycles. The molecule has 1 fully saturated rings. The Labute approximate surface area is 160 Å². The molecule has 1 N–H and O–H groups in total. The molecule has 1 amide bonds. The van der Waals surface area contributed by atoms with Crippen molar-refractivity contribution < 1.29 is 4.79 Å². The number of aryl methyl sites for hydroxylation is 2. The topological polar surface area (TPSA) is 37.3 Å². The molecule has 2 aromatic carbocycles. The number of para-hydroxylation sites is 1. The minimum atomic E-state index is 0.0450. The number of carbonyl (C=O) groups is 1. The quantitative estimate of drug-likeness (QED) is 0.771. The van der Waals surface area contributed by atoms with Crippen molar-refractivity contribution in [2.75, 3.05) is 13.1 Å². The van der Waals surface area contributed by atoms with Gasteiger partial charge >= 0.3 is 0 Å². The number of hydrogen-bond donors (Lipinski definition) is 1. The zero-order valence-electron chi connectivity index (χ0n) is 16.3. The molecule has 140 valence electrons. The Kier molecular flexibility index (Phi) is 4.75. The lowest BCUT2D eigenvalue weighted by molar-refractivity contribution is -0.119. The van der Waals surface area contributed by atoms with Crippen molar-refractivity contribution in [1.82, 2.24) is 14.8 Å². The molecule has 2 heterocycles. The molecule has 3 aromatic rings. The third-order valence-electron chi connectivity index (χ3n) is 5.73. The average molecular weight is 361 g/mol. The van der Waals surface area contributed by atoms with Crippen LogP contribution in [0.5, 0.6) is 0 Å². The lowest BCUT2D eigenvalue weighted by Crippen LogP contribution is -2.38. The molecular weight excluding hydrogens is 334 g/mol. The summed E-state index contributed by atoms with van der Waals surface area (Å²) in [5.41, 5.74) is 5.14. The number of nitrogens with zero attached hydrogens (tertiary/aromatic N) is 2. The van der Waals surface area contributed by atoms with E-state index < -0.39 is 0 Å². The lowest BCUT2D eigenvalue weighted by atomic mass is 9.93. The van der Waals surface area contributed by atoms with Crippen molar-refractivity contribution in [2.24, 2.45) is 7.05 Å². The molecule has 2 atom stereocenters. The van der Waals surface area contributed by atoms with E-state index in [2.05, 4.69) is 83.4 Å². The second kappa shape index (κ2) is 7.20. The van der Waals surface area contributed by atoms with E-state index in [1.54, 1.807) is 6.92 Å². The predicted molar refractivity (Wildman–Crippen MR) is 110 cm³/mol. The van der Waals surface area contributed by atoms with Crippen molar-refractivity contribution in [3.63, 3.8) is 0 Å². The fourth-order valence-electron chi connectivity index (χ4n) is 4.30. The number of carbonyl (C=O) groups excluding carboxylic acids is 1. The first-order valence-electron chi connectivity index (χ1n) is 9.60. The fourth-order valence-corrected chi connectivity index (χ4v) is 4.30. The van der Waals surface area contributed by atoms with Gasteiger partial charge in [-0.3, -0.25) is 9.69 Å². The molecule has 1 aromatic heterocycles. The van der Waals surface area contributed by atoms with Crippen LogP contribution < -0.4 is 5.32 Å². The van der Waals surface area contributed by atoms with Gasteiger partial charge in [0.15, 0.2) is 0 Å². The number of amides is 1. The largest absolute Gasteiger partial charge is 0.352 e. The minimum Gasteiger partial charge on any atom is -0.352 e. The molecule has 0 radical (unpaired) electrons. The molecule has 4 nitrogen and oxygen atoms in total. The summed E-state index contributed by atoms with van der Waals surface area (Å²) in [7, 11) is 2.14. The summed E-state index contributed by atoms with van der Waals surface area (Å²) in [4.78, 5) is 14.2. The van der Waals surface area contributed by atoms with Crippen molar-refractivity contribution in [3.05, 3.63) is 71.4 Å². The summed E-state index contributed by atoms with van der Waals surface area (Å²) >= 11 is 0. The maximum absolute atomic E-state index is 11.7. The van der Waals surface area contributed by atoms with Crippen LogP contribution >= 0.6 is 0 Å². The van der Waals surface area contributed by atoms with Gasteiger partial charge in [0, 0.05) is 56.8 Å². The van der Waals surface area contributed by atoms with E-state index in [0.29, 0.717) is 5.92 Å². The molecule has 4 heteroatoms. The Hall–Kier alpha value is -2.59. The van der Waals surface area contributed by atoms with E-state index in [1.807, 2.05) is 0 Å². The summed E-state index contributed by atoms with van der Waals surface area (Å²) in [5, 5.41) is 4.45. The second-order valence-corrected chi connectivity index (χ2v) is 7.77. The highest BCUT2D eigenvalue weighted by Gasteiger charge is 2.34. The fraction of sp³-hybridized carbons (Fsp3) is 0.348. The SMILES string of the molecule is CC(=O)N[C@@H]1CN(Cc2cc3ccccc3n2C)C[C@H]1c1ccc(C)cc1. The van der Waals surface area contributed by atoms with E-state index in [0.717, 1.165) is 19.6 Å². The van der Waals surface area contributed by atoms with Gasteiger partial charge in [-0.25, -0.2) is 0 Å². The molecule has 0 spiro atoms. The van der Waals surface area contributed by atoms with E-state index in [1.165, 1.54) is 27.7 Å². The molecule has 4 rings (SSSR count). The van der Waals surface area contributed by atoms with Gasteiger partial charge in [0.2, 0.25) is 5.91 Å². The highest BCUT2D eigenvalue weighted by Crippen LogP contribution is 2.30. The zero-order valence-corrected chi connectivity index (χ0v) is 16.3. The highest BCUT2D eigenvalue weighted by molar-refractivity contribution is 5.81. The summed E-state index contributed by atoms with van der Waals surface area (Å²) in [6.07, 6.45) is 0. The normalized spacial score (nSPS) is 20.3. The maximum Gasteiger partial charge on any atom is 0.217 e. The van der Waals surface area contributed by atoms with Crippen LogP contribution in [0.2, 0.25) is 0 Å². The Bertz CT molecular complexity index is 957. The summed E-state index contributed by atoms with van der Waals surface area (Å²) in [5.74, 6) is 0.368. The van der Waals surface area contributed by atoms with Crippen LogP contribution in [0.25, 0.3) is 10.9 Å². The van der Waals surface area contributed by atoms with Gasteiger partial charge in [-0.05, 0) is 30.0 Å². The van der Waals surface area contributed by atoms with Crippen molar-refractivity contribution in [3.8, 4) is 0 Å². The number of likely N-dealkylation sites (tertiary alicyclic amines) is 1. The summed E-state index contributed by atoms with van der Waals surface area (Å²) in [6, 6.07) is 19.7. The zero-order chi connectivity index (χ0) is 19.0. The molecule has 1 aliphatic heterocycles. The Balaban J connectivity index is 1.57. The number of nitrogens with one attached hydrogen (secondary N) is 1. The van der Waals surface area contributed by atoms with Crippen LogP contribution in [0.3, 0.4) is 0 Å². The van der Waals surface area contributed by atoms with E-state index in [4.69, 9.17) is 0 Å². The van der Waals surface area contributed by atoms with Crippen LogP contribution in [-0.4, -0.2) is 34.5 Å². The first-order chi connectivity index (χ1) is 13.0. The van der Waals surface area contributed by atoms with Gasteiger partial charge in [-0.15, -0.1) is 0 Å². The first kappa shape index (κ1) is 17.8. The molecule has 27 heavy (non-hydrogen) atoms. The number of hydrogen-bond acceptors (Lipinski definition) is 2. The van der Waals surface area contributed by atoms with Crippen LogP contribution in [0.4, 0.5) is 0 Å². The van der Waals surface area contributed by atoms with Crippen LogP contribution in [-0.2, 0) is 18.4 Å². The number of aromatic nitrogens is 1. The van der Waals surface area contributed by atoms with Gasteiger partial charge in [0.05, 0.1) is 0 Å². The van der Waals surface area contributed by atoms with E-state index in [-0.39, 0.29) is 11.9 Å². The van der Waals surface area contributed by atoms with Crippen molar-refractivity contribution in [2.45, 2.75) is 32.4 Å². The smallest absolute Gasteiger partial charge is 0.217 e. The van der Waals surface area contributed by atoms with Crippen LogP contribution in [0.15, 0.2) is 54.6 Å². The van der Waals surface area contributed by atoms with Gasteiger partial charge in [0.25, 0.3) is 0 Å². The van der Waals surface area contributed by atoms with Crippen LogP contribution in [0.1, 0.15) is 29.7 Å². The van der Waals surface area contributed by atoms with Gasteiger partial charge in [-0.1, -0.05) is 48.0 Å². The first-order valence-corrected chi connectivity index (χ1v) is 9.60. The van der Waals surface area contributed by atoms with Gasteiger partial charge in [-0.2, -0.15) is 0 Å². The average Bonchev–Trinajstić information content (AvgIpc) is 3.17. The monoisotopic (exact) mass is 361 g/mol. The summed E-state index contributed by atoms with van der Waals surface area (Å²) in [6.45, 7) is 6.44. The number of rotatable bonds is 4. The van der Waals surface area contributed by atoms with Gasteiger partial charge in [0.1, 0.15) is 0 Å². The van der Waals surface area contributed by atoms with E-state index >= 15 is 0 Å². The molecule has 0 saturated carbocycles. The molecule has 0 unspecified atom stereocenters. The molecule has 1 saturated heterocycles. The highest BCUT2D eigenvalue weighted by atomic mass is 16.1. The Morgan fingerprint density at radius 1 is 1.11 bits per heavy atom. The Morgan fingerprint density at radius 3 is 2.56 bits per heavy atom. The number of benzene rings is 2. The van der Waals surface area contributed by atoms with E-state index in [9.17, 15) is 4.79 Å². The number of fused-ring (bicyclic) bond motifs is 1.